The third-order valence-electron chi connectivity index (χ3n) is 3.71. The summed E-state index contributed by atoms with van der Waals surface area (Å²) < 4.78 is 14.6. The highest BCUT2D eigenvalue weighted by molar-refractivity contribution is 9.10. The van der Waals surface area contributed by atoms with Gasteiger partial charge in [0, 0.05) is 23.1 Å². The summed E-state index contributed by atoms with van der Waals surface area (Å²) in [5.41, 5.74) is 3.49. The van der Waals surface area contributed by atoms with E-state index in [-0.39, 0.29) is 5.82 Å². The molecular weight excluding hydrogens is 317 g/mol. The molecule has 1 aliphatic carbocycles. The second kappa shape index (κ2) is 6.06. The van der Waals surface area contributed by atoms with Gasteiger partial charge in [0.25, 0.3) is 0 Å². The summed E-state index contributed by atoms with van der Waals surface area (Å²) in [6.45, 7) is 1.34. The topological polar surface area (TPSA) is 12.0 Å². The first kappa shape index (κ1) is 13.8. The molecule has 0 spiro atoms. The monoisotopic (exact) mass is 333 g/mol. The van der Waals surface area contributed by atoms with Crippen molar-refractivity contribution in [1.29, 1.82) is 0 Å². The van der Waals surface area contributed by atoms with E-state index in [1.54, 1.807) is 6.07 Å². The number of hydrogen-bond acceptors (Lipinski definition) is 1. The SMILES string of the molecule is Fc1ccc(Br)cc1CNCc1ccccc1C1CC1. The van der Waals surface area contributed by atoms with Crippen molar-refractivity contribution in [2.75, 3.05) is 0 Å². The molecule has 1 N–H and O–H groups in total. The van der Waals surface area contributed by atoms with Crippen LogP contribution in [0.25, 0.3) is 0 Å². The van der Waals surface area contributed by atoms with Gasteiger partial charge in [-0.2, -0.15) is 0 Å². The zero-order valence-electron chi connectivity index (χ0n) is 11.2. The van der Waals surface area contributed by atoms with Gasteiger partial charge in [-0.3, -0.25) is 0 Å². The van der Waals surface area contributed by atoms with Crippen LogP contribution in [-0.4, -0.2) is 0 Å². The summed E-state index contributed by atoms with van der Waals surface area (Å²) in [6.07, 6.45) is 2.61. The van der Waals surface area contributed by atoms with Crippen LogP contribution in [0.4, 0.5) is 4.39 Å². The van der Waals surface area contributed by atoms with Crippen LogP contribution in [0.3, 0.4) is 0 Å². The summed E-state index contributed by atoms with van der Waals surface area (Å²) in [5.74, 6) is 0.590. The van der Waals surface area contributed by atoms with Crippen LogP contribution < -0.4 is 5.32 Å². The lowest BCUT2D eigenvalue weighted by Crippen LogP contribution is -2.14. The van der Waals surface area contributed by atoms with Crippen LogP contribution in [0.2, 0.25) is 0 Å². The van der Waals surface area contributed by atoms with Crippen LogP contribution in [0.5, 0.6) is 0 Å². The summed E-state index contributed by atoms with van der Waals surface area (Å²) in [6, 6.07) is 13.6. The fourth-order valence-corrected chi connectivity index (χ4v) is 2.91. The van der Waals surface area contributed by atoms with Gasteiger partial charge in [0.05, 0.1) is 0 Å². The van der Waals surface area contributed by atoms with E-state index in [4.69, 9.17) is 0 Å². The summed E-state index contributed by atoms with van der Waals surface area (Å²) >= 11 is 3.38. The van der Waals surface area contributed by atoms with Crippen molar-refractivity contribution in [1.82, 2.24) is 5.32 Å². The number of hydrogen-bond donors (Lipinski definition) is 1. The lowest BCUT2D eigenvalue weighted by atomic mass is 10.0. The van der Waals surface area contributed by atoms with E-state index in [2.05, 4.69) is 45.5 Å². The van der Waals surface area contributed by atoms with Gasteiger partial charge in [-0.05, 0) is 48.1 Å². The quantitative estimate of drug-likeness (QED) is 0.832. The molecule has 1 fully saturated rings. The molecule has 0 aliphatic heterocycles. The molecule has 1 saturated carbocycles. The molecule has 0 heterocycles. The van der Waals surface area contributed by atoms with E-state index in [1.807, 2.05) is 6.07 Å². The van der Waals surface area contributed by atoms with Gasteiger partial charge in [0.1, 0.15) is 5.82 Å². The molecule has 0 radical (unpaired) electrons. The Bertz CT molecular complexity index is 608. The fraction of sp³-hybridized carbons (Fsp3) is 0.294. The Morgan fingerprint density at radius 1 is 1.05 bits per heavy atom. The van der Waals surface area contributed by atoms with Gasteiger partial charge < -0.3 is 5.32 Å². The minimum Gasteiger partial charge on any atom is -0.309 e. The Labute approximate surface area is 127 Å². The van der Waals surface area contributed by atoms with E-state index in [0.717, 1.165) is 16.9 Å². The standard InChI is InChI=1S/C17H17BrFN/c18-15-7-8-17(19)14(9-15)11-20-10-13-3-1-2-4-16(13)12-5-6-12/h1-4,7-9,12,20H,5-6,10-11H2. The highest BCUT2D eigenvalue weighted by Crippen LogP contribution is 2.41. The Balaban J connectivity index is 1.64. The molecule has 0 amide bonds. The van der Waals surface area contributed by atoms with Gasteiger partial charge in [-0.1, -0.05) is 40.2 Å². The maximum atomic E-state index is 13.7. The summed E-state index contributed by atoms with van der Waals surface area (Å²) in [4.78, 5) is 0. The summed E-state index contributed by atoms with van der Waals surface area (Å²) in [7, 11) is 0. The van der Waals surface area contributed by atoms with Gasteiger partial charge in [-0.25, -0.2) is 4.39 Å². The van der Waals surface area contributed by atoms with Crippen molar-refractivity contribution >= 4 is 15.9 Å². The molecule has 3 heteroatoms. The fourth-order valence-electron chi connectivity index (χ4n) is 2.50. The number of rotatable bonds is 5. The number of benzene rings is 2. The first-order chi connectivity index (χ1) is 9.74. The van der Waals surface area contributed by atoms with E-state index >= 15 is 0 Å². The molecule has 1 nitrogen and oxygen atoms in total. The van der Waals surface area contributed by atoms with Crippen molar-refractivity contribution in [2.24, 2.45) is 0 Å². The molecule has 0 saturated heterocycles. The molecule has 1 aliphatic rings. The van der Waals surface area contributed by atoms with Gasteiger partial charge in [-0.15, -0.1) is 0 Å². The van der Waals surface area contributed by atoms with E-state index in [9.17, 15) is 4.39 Å². The highest BCUT2D eigenvalue weighted by Gasteiger charge is 2.25. The van der Waals surface area contributed by atoms with Gasteiger partial charge in [0.15, 0.2) is 0 Å². The first-order valence-corrected chi connectivity index (χ1v) is 7.76. The molecule has 2 aromatic carbocycles. The van der Waals surface area contributed by atoms with Crippen molar-refractivity contribution in [3.63, 3.8) is 0 Å². The Morgan fingerprint density at radius 3 is 2.60 bits per heavy atom. The van der Waals surface area contributed by atoms with Crippen LogP contribution in [0, 0.1) is 5.82 Å². The molecule has 20 heavy (non-hydrogen) atoms. The normalized spacial score (nSPS) is 14.5. The van der Waals surface area contributed by atoms with Crippen molar-refractivity contribution in [2.45, 2.75) is 31.8 Å². The van der Waals surface area contributed by atoms with E-state index < -0.39 is 0 Å². The van der Waals surface area contributed by atoms with E-state index in [1.165, 1.54) is 30.0 Å². The highest BCUT2D eigenvalue weighted by atomic mass is 79.9. The maximum absolute atomic E-state index is 13.7. The average Bonchev–Trinajstić information content (AvgIpc) is 3.28. The predicted molar refractivity (Wildman–Crippen MR) is 83.1 cm³/mol. The van der Waals surface area contributed by atoms with Crippen LogP contribution in [0.1, 0.15) is 35.4 Å². The van der Waals surface area contributed by atoms with Crippen LogP contribution in [0.15, 0.2) is 46.9 Å². The molecule has 2 aromatic rings. The first-order valence-electron chi connectivity index (χ1n) is 6.96. The predicted octanol–water partition coefficient (Wildman–Crippen LogP) is 4.76. The van der Waals surface area contributed by atoms with Crippen LogP contribution in [-0.2, 0) is 13.1 Å². The van der Waals surface area contributed by atoms with Crippen molar-refractivity contribution in [3.05, 3.63) is 69.4 Å². The Morgan fingerprint density at radius 2 is 1.80 bits per heavy atom. The molecular formula is C17H17BrFN. The third-order valence-corrected chi connectivity index (χ3v) is 4.20. The van der Waals surface area contributed by atoms with Crippen molar-refractivity contribution < 1.29 is 4.39 Å². The Hall–Kier alpha value is -1.19. The van der Waals surface area contributed by atoms with Crippen LogP contribution >= 0.6 is 15.9 Å². The summed E-state index contributed by atoms with van der Waals surface area (Å²) in [5, 5.41) is 3.35. The largest absolute Gasteiger partial charge is 0.309 e. The molecule has 0 atom stereocenters. The second-order valence-corrected chi connectivity index (χ2v) is 6.23. The number of halogens is 2. The second-order valence-electron chi connectivity index (χ2n) is 5.31. The lowest BCUT2D eigenvalue weighted by Gasteiger charge is -2.10. The third kappa shape index (κ3) is 3.28. The molecule has 0 bridgehead atoms. The molecule has 3 rings (SSSR count). The zero-order valence-corrected chi connectivity index (χ0v) is 12.8. The Kier molecular flexibility index (Phi) is 4.18. The molecule has 104 valence electrons. The minimum atomic E-state index is -0.156. The average molecular weight is 334 g/mol. The zero-order chi connectivity index (χ0) is 13.9. The number of nitrogens with one attached hydrogen (secondary N) is 1. The smallest absolute Gasteiger partial charge is 0.127 e. The van der Waals surface area contributed by atoms with E-state index in [0.29, 0.717) is 12.1 Å². The molecule has 0 aromatic heterocycles. The maximum Gasteiger partial charge on any atom is 0.127 e. The lowest BCUT2D eigenvalue weighted by molar-refractivity contribution is 0.587. The minimum absolute atomic E-state index is 0.156. The van der Waals surface area contributed by atoms with Gasteiger partial charge in [0.2, 0.25) is 0 Å². The van der Waals surface area contributed by atoms with Crippen molar-refractivity contribution in [3.8, 4) is 0 Å². The molecule has 0 unspecified atom stereocenters. The van der Waals surface area contributed by atoms with Gasteiger partial charge >= 0.3 is 0 Å².